The molecule has 20 heavy (non-hydrogen) atoms. The topological polar surface area (TPSA) is 38.3 Å². The van der Waals surface area contributed by atoms with Crippen LogP contribution in [0.1, 0.15) is 22.3 Å². The van der Waals surface area contributed by atoms with E-state index in [1.807, 2.05) is 30.3 Å². The van der Waals surface area contributed by atoms with Crippen LogP contribution < -0.4 is 5.32 Å². The minimum Gasteiger partial charge on any atom is -0.446 e. The van der Waals surface area contributed by atoms with Gasteiger partial charge in [-0.3, -0.25) is 0 Å². The number of carbonyl (C=O) groups excluding carboxylic acids is 1. The fourth-order valence-electron chi connectivity index (χ4n) is 2.89. The molecule has 1 fully saturated rings. The van der Waals surface area contributed by atoms with Crippen molar-refractivity contribution in [3.63, 3.8) is 0 Å². The Labute approximate surface area is 118 Å². The molecule has 0 aromatic heterocycles. The summed E-state index contributed by atoms with van der Waals surface area (Å²) in [7, 11) is 0. The molecular weight excluding hydrogens is 250 g/mol. The molecule has 1 aliphatic rings. The average molecular weight is 267 g/mol. The van der Waals surface area contributed by atoms with Crippen molar-refractivity contribution in [1.29, 1.82) is 0 Å². The number of rotatable bonds is 2. The zero-order valence-corrected chi connectivity index (χ0v) is 11.6. The van der Waals surface area contributed by atoms with Gasteiger partial charge in [0.15, 0.2) is 0 Å². The van der Waals surface area contributed by atoms with Crippen molar-refractivity contribution < 1.29 is 9.53 Å². The number of benzene rings is 2. The van der Waals surface area contributed by atoms with E-state index in [1.165, 1.54) is 5.56 Å². The van der Waals surface area contributed by atoms with Crippen LogP contribution in [0.2, 0.25) is 0 Å². The SMILES string of the molecule is Cc1ccc(C2(c3ccccc3)COC(=O)N2)c(C)c1. The highest BCUT2D eigenvalue weighted by molar-refractivity contribution is 5.73. The van der Waals surface area contributed by atoms with E-state index in [9.17, 15) is 4.79 Å². The summed E-state index contributed by atoms with van der Waals surface area (Å²) in [6, 6.07) is 16.2. The smallest absolute Gasteiger partial charge is 0.408 e. The van der Waals surface area contributed by atoms with Crippen LogP contribution in [0.25, 0.3) is 0 Å². The molecule has 3 rings (SSSR count). The summed E-state index contributed by atoms with van der Waals surface area (Å²) in [4.78, 5) is 11.7. The van der Waals surface area contributed by atoms with Crippen molar-refractivity contribution in [2.45, 2.75) is 19.4 Å². The van der Waals surface area contributed by atoms with E-state index < -0.39 is 5.54 Å². The van der Waals surface area contributed by atoms with Gasteiger partial charge >= 0.3 is 6.09 Å². The number of alkyl carbamates (subject to hydrolysis) is 1. The largest absolute Gasteiger partial charge is 0.446 e. The predicted octanol–water partition coefficient (Wildman–Crippen LogP) is 3.29. The van der Waals surface area contributed by atoms with Gasteiger partial charge in [-0.1, -0.05) is 54.1 Å². The van der Waals surface area contributed by atoms with E-state index in [2.05, 4.69) is 37.4 Å². The lowest BCUT2D eigenvalue weighted by Gasteiger charge is -2.29. The Hall–Kier alpha value is -2.29. The van der Waals surface area contributed by atoms with Crippen LogP contribution in [0.3, 0.4) is 0 Å². The molecule has 1 N–H and O–H groups in total. The van der Waals surface area contributed by atoms with Crippen molar-refractivity contribution in [3.8, 4) is 0 Å². The highest BCUT2D eigenvalue weighted by atomic mass is 16.6. The molecule has 3 heteroatoms. The van der Waals surface area contributed by atoms with Gasteiger partial charge in [-0.15, -0.1) is 0 Å². The Morgan fingerprint density at radius 1 is 1.10 bits per heavy atom. The highest BCUT2D eigenvalue weighted by Crippen LogP contribution is 2.35. The fourth-order valence-corrected chi connectivity index (χ4v) is 2.89. The molecule has 3 nitrogen and oxygen atoms in total. The van der Waals surface area contributed by atoms with Crippen molar-refractivity contribution >= 4 is 6.09 Å². The van der Waals surface area contributed by atoms with Gasteiger partial charge in [0.05, 0.1) is 0 Å². The lowest BCUT2D eigenvalue weighted by molar-refractivity contribution is 0.174. The molecule has 1 heterocycles. The number of nitrogens with one attached hydrogen (secondary N) is 1. The number of ether oxygens (including phenoxy) is 1. The summed E-state index contributed by atoms with van der Waals surface area (Å²) in [6.07, 6.45) is -0.367. The minimum absolute atomic E-state index is 0.319. The van der Waals surface area contributed by atoms with Gasteiger partial charge in [0.1, 0.15) is 12.1 Å². The monoisotopic (exact) mass is 267 g/mol. The van der Waals surface area contributed by atoms with Crippen LogP contribution >= 0.6 is 0 Å². The zero-order chi connectivity index (χ0) is 14.2. The predicted molar refractivity (Wildman–Crippen MR) is 77.6 cm³/mol. The van der Waals surface area contributed by atoms with Crippen LogP contribution in [0.5, 0.6) is 0 Å². The summed E-state index contributed by atoms with van der Waals surface area (Å²) < 4.78 is 5.21. The summed E-state index contributed by atoms with van der Waals surface area (Å²) in [5.74, 6) is 0. The van der Waals surface area contributed by atoms with Crippen LogP contribution in [0.15, 0.2) is 48.5 Å². The van der Waals surface area contributed by atoms with Gasteiger partial charge in [0.25, 0.3) is 0 Å². The maximum Gasteiger partial charge on any atom is 0.408 e. The number of aryl methyl sites for hydroxylation is 2. The van der Waals surface area contributed by atoms with Crippen LogP contribution in [0.4, 0.5) is 4.79 Å². The Bertz CT molecular complexity index is 651. The molecule has 102 valence electrons. The normalized spacial score (nSPS) is 21.4. The van der Waals surface area contributed by atoms with Crippen molar-refractivity contribution in [1.82, 2.24) is 5.32 Å². The first kappa shape index (κ1) is 12.7. The Morgan fingerprint density at radius 3 is 2.45 bits per heavy atom. The highest BCUT2D eigenvalue weighted by Gasteiger charge is 2.43. The molecule has 1 atom stereocenters. The maximum absolute atomic E-state index is 11.7. The number of cyclic esters (lactones) is 1. The first-order valence-electron chi connectivity index (χ1n) is 6.70. The Morgan fingerprint density at radius 2 is 1.85 bits per heavy atom. The van der Waals surface area contributed by atoms with E-state index in [1.54, 1.807) is 0 Å². The second-order valence-electron chi connectivity index (χ2n) is 5.29. The van der Waals surface area contributed by atoms with Crippen LogP contribution in [-0.4, -0.2) is 12.7 Å². The van der Waals surface area contributed by atoms with E-state index in [0.29, 0.717) is 6.61 Å². The molecule has 0 spiro atoms. The van der Waals surface area contributed by atoms with E-state index in [0.717, 1.165) is 16.7 Å². The third kappa shape index (κ3) is 1.95. The first-order chi connectivity index (χ1) is 9.62. The molecule has 0 bridgehead atoms. The van der Waals surface area contributed by atoms with E-state index in [-0.39, 0.29) is 6.09 Å². The van der Waals surface area contributed by atoms with E-state index in [4.69, 9.17) is 4.74 Å². The quantitative estimate of drug-likeness (QED) is 0.906. The molecule has 1 amide bonds. The summed E-state index contributed by atoms with van der Waals surface area (Å²) in [5, 5.41) is 3.00. The standard InChI is InChI=1S/C17H17NO2/c1-12-8-9-15(13(2)10-12)17(11-20-16(19)18-17)14-6-4-3-5-7-14/h3-10H,11H2,1-2H3,(H,18,19). The number of amides is 1. The second kappa shape index (κ2) is 4.67. The molecule has 0 saturated carbocycles. The number of hydrogen-bond acceptors (Lipinski definition) is 2. The van der Waals surface area contributed by atoms with Gasteiger partial charge in [-0.05, 0) is 30.5 Å². The maximum atomic E-state index is 11.7. The van der Waals surface area contributed by atoms with Crippen LogP contribution in [0, 0.1) is 13.8 Å². The molecule has 0 radical (unpaired) electrons. The average Bonchev–Trinajstić information content (AvgIpc) is 2.83. The van der Waals surface area contributed by atoms with Crippen LogP contribution in [-0.2, 0) is 10.3 Å². The zero-order valence-electron chi connectivity index (χ0n) is 11.6. The van der Waals surface area contributed by atoms with Gasteiger partial charge in [-0.2, -0.15) is 0 Å². The molecule has 1 saturated heterocycles. The lowest BCUT2D eigenvalue weighted by atomic mass is 9.81. The summed E-state index contributed by atoms with van der Waals surface area (Å²) in [6.45, 7) is 4.45. The molecule has 2 aromatic rings. The molecule has 0 aliphatic carbocycles. The molecular formula is C17H17NO2. The van der Waals surface area contributed by atoms with Gasteiger partial charge in [-0.25, -0.2) is 4.79 Å². The fraction of sp³-hybridized carbons (Fsp3) is 0.235. The first-order valence-corrected chi connectivity index (χ1v) is 6.70. The van der Waals surface area contributed by atoms with E-state index >= 15 is 0 Å². The molecule has 1 unspecified atom stereocenters. The number of carbonyl (C=O) groups is 1. The number of hydrogen-bond donors (Lipinski definition) is 1. The Kier molecular flexibility index (Phi) is 2.97. The summed E-state index contributed by atoms with van der Waals surface area (Å²) in [5.41, 5.74) is 3.90. The van der Waals surface area contributed by atoms with Crippen molar-refractivity contribution in [2.75, 3.05) is 6.61 Å². The lowest BCUT2D eigenvalue weighted by Crippen LogP contribution is -2.42. The third-order valence-corrected chi connectivity index (χ3v) is 3.84. The molecule has 1 aliphatic heterocycles. The molecule has 2 aromatic carbocycles. The third-order valence-electron chi connectivity index (χ3n) is 3.84. The van der Waals surface area contributed by atoms with Gasteiger partial charge < -0.3 is 10.1 Å². The van der Waals surface area contributed by atoms with Crippen molar-refractivity contribution in [3.05, 3.63) is 70.8 Å². The van der Waals surface area contributed by atoms with Gasteiger partial charge in [0.2, 0.25) is 0 Å². The minimum atomic E-state index is -0.587. The summed E-state index contributed by atoms with van der Waals surface area (Å²) >= 11 is 0. The Balaban J connectivity index is 2.19. The van der Waals surface area contributed by atoms with Crippen molar-refractivity contribution in [2.24, 2.45) is 0 Å². The van der Waals surface area contributed by atoms with Gasteiger partial charge in [0, 0.05) is 0 Å². The second-order valence-corrected chi connectivity index (χ2v) is 5.29.